The Kier molecular flexibility index (Phi) is 2.58. The van der Waals surface area contributed by atoms with Gasteiger partial charge in [-0.1, -0.05) is 13.8 Å². The number of ether oxygens (including phenoxy) is 1. The van der Waals surface area contributed by atoms with E-state index in [0.717, 1.165) is 19.7 Å². The summed E-state index contributed by atoms with van der Waals surface area (Å²) in [5.41, 5.74) is 5.80. The van der Waals surface area contributed by atoms with Crippen LogP contribution < -0.4 is 5.73 Å². The van der Waals surface area contributed by atoms with Gasteiger partial charge in [-0.2, -0.15) is 0 Å². The number of morpholine rings is 1. The predicted molar refractivity (Wildman–Crippen MR) is 52.5 cm³/mol. The van der Waals surface area contributed by atoms with Crippen molar-refractivity contribution >= 4 is 0 Å². The molecule has 0 amide bonds. The highest BCUT2D eigenvalue weighted by atomic mass is 16.5. The molecule has 0 aliphatic carbocycles. The molecule has 0 aromatic carbocycles. The lowest BCUT2D eigenvalue weighted by atomic mass is 10.0. The van der Waals surface area contributed by atoms with Crippen molar-refractivity contribution in [3.8, 4) is 0 Å². The molecule has 2 heterocycles. The van der Waals surface area contributed by atoms with Gasteiger partial charge in [-0.3, -0.25) is 4.90 Å². The molecule has 3 nitrogen and oxygen atoms in total. The van der Waals surface area contributed by atoms with E-state index in [-0.39, 0.29) is 0 Å². The SMILES string of the molecule is CC(C)C(CN)N1CC2CC1CO2. The van der Waals surface area contributed by atoms with Crippen molar-refractivity contribution < 1.29 is 4.74 Å². The minimum absolute atomic E-state index is 0.498. The zero-order valence-electron chi connectivity index (χ0n) is 8.57. The monoisotopic (exact) mass is 184 g/mol. The lowest BCUT2D eigenvalue weighted by Crippen LogP contribution is -2.50. The molecule has 2 rings (SSSR count). The first-order valence-corrected chi connectivity index (χ1v) is 5.29. The molecule has 2 bridgehead atoms. The van der Waals surface area contributed by atoms with Gasteiger partial charge in [0, 0.05) is 25.2 Å². The van der Waals surface area contributed by atoms with E-state index < -0.39 is 0 Å². The van der Waals surface area contributed by atoms with E-state index in [9.17, 15) is 0 Å². The molecule has 0 aromatic rings. The zero-order chi connectivity index (χ0) is 9.42. The molecule has 0 aromatic heterocycles. The van der Waals surface area contributed by atoms with Gasteiger partial charge in [0.15, 0.2) is 0 Å². The quantitative estimate of drug-likeness (QED) is 0.692. The third kappa shape index (κ3) is 1.60. The van der Waals surface area contributed by atoms with Gasteiger partial charge < -0.3 is 10.5 Å². The fourth-order valence-electron chi connectivity index (χ4n) is 2.63. The first-order valence-electron chi connectivity index (χ1n) is 5.29. The summed E-state index contributed by atoms with van der Waals surface area (Å²) in [6.07, 6.45) is 1.72. The first kappa shape index (κ1) is 9.44. The molecule has 2 saturated heterocycles. The van der Waals surface area contributed by atoms with Crippen LogP contribution in [-0.2, 0) is 4.74 Å². The van der Waals surface area contributed by atoms with Crippen LogP contribution in [0.2, 0.25) is 0 Å². The Hall–Kier alpha value is -0.120. The highest BCUT2D eigenvalue weighted by Gasteiger charge is 2.42. The minimum atomic E-state index is 0.498. The van der Waals surface area contributed by atoms with Crippen LogP contribution in [0, 0.1) is 5.92 Å². The van der Waals surface area contributed by atoms with Crippen molar-refractivity contribution in [1.82, 2.24) is 4.90 Å². The number of hydrogen-bond donors (Lipinski definition) is 1. The van der Waals surface area contributed by atoms with Gasteiger partial charge >= 0.3 is 0 Å². The Labute approximate surface area is 80.2 Å². The second kappa shape index (κ2) is 3.56. The van der Waals surface area contributed by atoms with Crippen LogP contribution in [0.4, 0.5) is 0 Å². The van der Waals surface area contributed by atoms with Gasteiger partial charge in [-0.15, -0.1) is 0 Å². The van der Waals surface area contributed by atoms with Crippen LogP contribution in [0.3, 0.4) is 0 Å². The molecule has 2 aliphatic heterocycles. The number of likely N-dealkylation sites (tertiary alicyclic amines) is 1. The van der Waals surface area contributed by atoms with Crippen molar-refractivity contribution in [1.29, 1.82) is 0 Å². The van der Waals surface area contributed by atoms with E-state index in [2.05, 4.69) is 18.7 Å². The molecular weight excluding hydrogens is 164 g/mol. The normalized spacial score (nSPS) is 36.0. The van der Waals surface area contributed by atoms with E-state index in [1.807, 2.05) is 0 Å². The van der Waals surface area contributed by atoms with E-state index in [4.69, 9.17) is 10.5 Å². The summed E-state index contributed by atoms with van der Waals surface area (Å²) in [6, 6.07) is 1.21. The molecule has 3 heteroatoms. The Balaban J connectivity index is 2.00. The van der Waals surface area contributed by atoms with Gasteiger partial charge in [-0.25, -0.2) is 0 Å². The third-order valence-electron chi connectivity index (χ3n) is 3.38. The van der Waals surface area contributed by atoms with Crippen molar-refractivity contribution in [3.05, 3.63) is 0 Å². The molecule has 76 valence electrons. The summed E-state index contributed by atoms with van der Waals surface area (Å²) in [5.74, 6) is 0.657. The maximum atomic E-state index is 5.80. The molecule has 0 saturated carbocycles. The lowest BCUT2D eigenvalue weighted by Gasteiger charge is -2.36. The van der Waals surface area contributed by atoms with Crippen LogP contribution in [-0.4, -0.2) is 42.8 Å². The van der Waals surface area contributed by atoms with Crippen LogP contribution in [0.25, 0.3) is 0 Å². The average molecular weight is 184 g/mol. The van der Waals surface area contributed by atoms with Crippen molar-refractivity contribution in [2.24, 2.45) is 11.7 Å². The third-order valence-corrected chi connectivity index (χ3v) is 3.38. The van der Waals surface area contributed by atoms with Crippen LogP contribution in [0.5, 0.6) is 0 Å². The molecule has 3 unspecified atom stereocenters. The molecule has 2 aliphatic rings. The number of rotatable bonds is 3. The van der Waals surface area contributed by atoms with Gasteiger partial charge in [0.25, 0.3) is 0 Å². The van der Waals surface area contributed by atoms with Crippen LogP contribution >= 0.6 is 0 Å². The van der Waals surface area contributed by atoms with Crippen LogP contribution in [0.15, 0.2) is 0 Å². The Morgan fingerprint density at radius 1 is 1.54 bits per heavy atom. The molecule has 13 heavy (non-hydrogen) atoms. The molecule has 0 spiro atoms. The zero-order valence-corrected chi connectivity index (χ0v) is 8.57. The lowest BCUT2D eigenvalue weighted by molar-refractivity contribution is 0.00390. The number of fused-ring (bicyclic) bond motifs is 2. The summed E-state index contributed by atoms with van der Waals surface area (Å²) in [7, 11) is 0. The second-order valence-electron chi connectivity index (χ2n) is 4.59. The van der Waals surface area contributed by atoms with Gasteiger partial charge in [0.05, 0.1) is 12.7 Å². The minimum Gasteiger partial charge on any atom is -0.375 e. The van der Waals surface area contributed by atoms with E-state index in [0.29, 0.717) is 24.1 Å². The van der Waals surface area contributed by atoms with E-state index >= 15 is 0 Å². The highest BCUT2D eigenvalue weighted by Crippen LogP contribution is 2.30. The van der Waals surface area contributed by atoms with Crippen LogP contribution in [0.1, 0.15) is 20.3 Å². The second-order valence-corrected chi connectivity index (χ2v) is 4.59. The number of nitrogens with zero attached hydrogens (tertiary/aromatic N) is 1. The average Bonchev–Trinajstić information content (AvgIpc) is 2.65. The Morgan fingerprint density at radius 3 is 2.69 bits per heavy atom. The fraction of sp³-hybridized carbons (Fsp3) is 1.00. The smallest absolute Gasteiger partial charge is 0.0718 e. The first-order chi connectivity index (χ1) is 6.22. The van der Waals surface area contributed by atoms with Crippen molar-refractivity contribution in [2.75, 3.05) is 19.7 Å². The maximum Gasteiger partial charge on any atom is 0.0718 e. The Morgan fingerprint density at radius 2 is 2.31 bits per heavy atom. The number of hydrogen-bond acceptors (Lipinski definition) is 3. The summed E-state index contributed by atoms with van der Waals surface area (Å²) in [5, 5.41) is 0. The summed E-state index contributed by atoms with van der Waals surface area (Å²) < 4.78 is 5.57. The van der Waals surface area contributed by atoms with E-state index in [1.54, 1.807) is 0 Å². The van der Waals surface area contributed by atoms with Gasteiger partial charge in [-0.05, 0) is 12.3 Å². The summed E-state index contributed by atoms with van der Waals surface area (Å²) in [4.78, 5) is 2.55. The maximum absolute atomic E-state index is 5.80. The van der Waals surface area contributed by atoms with Crippen molar-refractivity contribution in [3.63, 3.8) is 0 Å². The molecule has 0 radical (unpaired) electrons. The molecule has 3 atom stereocenters. The predicted octanol–water partition coefficient (Wildman–Crippen LogP) is 0.443. The molecular formula is C10H20N2O. The molecule has 2 fully saturated rings. The van der Waals surface area contributed by atoms with Gasteiger partial charge in [0.2, 0.25) is 0 Å². The van der Waals surface area contributed by atoms with Crippen molar-refractivity contribution in [2.45, 2.75) is 38.5 Å². The largest absolute Gasteiger partial charge is 0.375 e. The van der Waals surface area contributed by atoms with E-state index in [1.165, 1.54) is 6.42 Å². The summed E-state index contributed by atoms with van der Waals surface area (Å²) in [6.45, 7) is 7.31. The molecule has 2 N–H and O–H groups in total. The highest BCUT2D eigenvalue weighted by molar-refractivity contribution is 4.95. The summed E-state index contributed by atoms with van der Waals surface area (Å²) >= 11 is 0. The fourth-order valence-corrected chi connectivity index (χ4v) is 2.63. The Bertz CT molecular complexity index is 184. The standard InChI is InChI=1S/C10H20N2O/c1-7(2)10(4-11)12-5-9-3-8(12)6-13-9/h7-10H,3-6,11H2,1-2H3. The van der Waals surface area contributed by atoms with Gasteiger partial charge in [0.1, 0.15) is 0 Å². The number of nitrogens with two attached hydrogens (primary N) is 1. The topological polar surface area (TPSA) is 38.5 Å².